The smallest absolute Gasteiger partial charge is 0.0859 e. The predicted octanol–water partition coefficient (Wildman–Crippen LogP) is 13.2. The third-order valence-electron chi connectivity index (χ3n) is 10.2. The van der Waals surface area contributed by atoms with E-state index in [2.05, 4.69) is 169 Å². The van der Waals surface area contributed by atoms with Crippen LogP contribution in [0.5, 0.6) is 0 Å². The number of fused-ring (bicyclic) bond motifs is 10. The number of rotatable bonds is 6. The fourth-order valence-corrected chi connectivity index (χ4v) is 7.77. The Labute approximate surface area is 292 Å². The van der Waals surface area contributed by atoms with Gasteiger partial charge in [-0.15, -0.1) is 0 Å². The van der Waals surface area contributed by atoms with E-state index in [1.807, 2.05) is 18.2 Å². The highest BCUT2D eigenvalue weighted by atomic mass is 15.2. The third kappa shape index (κ3) is 4.76. The number of allylic oxidation sites excluding steroid dienone is 4. The van der Waals surface area contributed by atoms with Gasteiger partial charge in [-0.05, 0) is 132 Å². The van der Waals surface area contributed by atoms with Crippen LogP contribution < -0.4 is 4.90 Å². The summed E-state index contributed by atoms with van der Waals surface area (Å²) in [5.74, 6) is 0. The third-order valence-corrected chi connectivity index (χ3v) is 10.2. The Bertz CT molecular complexity index is 2710. The van der Waals surface area contributed by atoms with Crippen LogP contribution in [0, 0.1) is 0 Å². The monoisotopic (exact) mass is 638 g/mol. The Morgan fingerprint density at radius 3 is 1.86 bits per heavy atom. The van der Waals surface area contributed by atoms with Gasteiger partial charge in [-0.25, -0.2) is 0 Å². The molecule has 0 aromatic heterocycles. The van der Waals surface area contributed by atoms with Gasteiger partial charge in [0.15, 0.2) is 0 Å². The first-order chi connectivity index (χ1) is 24.6. The van der Waals surface area contributed by atoms with Crippen LogP contribution >= 0.6 is 0 Å². The van der Waals surface area contributed by atoms with Gasteiger partial charge in [0.1, 0.15) is 0 Å². The van der Waals surface area contributed by atoms with Crippen LogP contribution in [-0.2, 0) is 6.54 Å². The molecule has 2 nitrogen and oxygen atoms in total. The minimum atomic E-state index is 0.742. The van der Waals surface area contributed by atoms with E-state index in [1.165, 1.54) is 59.8 Å². The van der Waals surface area contributed by atoms with Crippen molar-refractivity contribution in [3.05, 3.63) is 188 Å². The van der Waals surface area contributed by atoms with Crippen LogP contribution in [0.4, 0.5) is 17.1 Å². The molecular formula is C48H34N2. The normalized spacial score (nSPS) is 12.6. The van der Waals surface area contributed by atoms with E-state index < -0.39 is 0 Å². The summed E-state index contributed by atoms with van der Waals surface area (Å²) in [6.07, 6.45) is 4.10. The SMILES string of the molecule is C=C/C(=C\C(=C)c1ccc2c3ccccc3c3ccccc3c2c1)c1ccc2c(c1)-c1cc3ccccc3cc1CN2c1ccccc1N=C. The van der Waals surface area contributed by atoms with Crippen LogP contribution in [-0.4, -0.2) is 6.72 Å². The van der Waals surface area contributed by atoms with Crippen molar-refractivity contribution in [3.63, 3.8) is 0 Å². The average Bonchev–Trinajstić information content (AvgIpc) is 3.18. The van der Waals surface area contributed by atoms with Crippen LogP contribution in [0.2, 0.25) is 0 Å². The van der Waals surface area contributed by atoms with Crippen molar-refractivity contribution in [1.82, 2.24) is 0 Å². The molecular weight excluding hydrogens is 605 g/mol. The summed E-state index contributed by atoms with van der Waals surface area (Å²) in [7, 11) is 0. The Kier molecular flexibility index (Phi) is 7.03. The minimum absolute atomic E-state index is 0.742. The number of nitrogens with zero attached hydrogens (tertiary/aromatic N) is 2. The second kappa shape index (κ2) is 11.9. The molecule has 236 valence electrons. The molecule has 0 spiro atoms. The van der Waals surface area contributed by atoms with E-state index in [4.69, 9.17) is 0 Å². The van der Waals surface area contributed by atoms with Gasteiger partial charge in [-0.1, -0.05) is 122 Å². The maximum absolute atomic E-state index is 4.57. The quantitative estimate of drug-likeness (QED) is 0.101. The van der Waals surface area contributed by atoms with Gasteiger partial charge in [-0.3, -0.25) is 4.99 Å². The highest BCUT2D eigenvalue weighted by Crippen LogP contribution is 2.47. The molecule has 9 rings (SSSR count). The lowest BCUT2D eigenvalue weighted by Crippen LogP contribution is -2.21. The van der Waals surface area contributed by atoms with E-state index in [0.717, 1.165) is 45.9 Å². The van der Waals surface area contributed by atoms with Gasteiger partial charge >= 0.3 is 0 Å². The zero-order valence-electron chi connectivity index (χ0n) is 27.7. The Hall–Kier alpha value is -6.51. The predicted molar refractivity (Wildman–Crippen MR) is 217 cm³/mol. The summed E-state index contributed by atoms with van der Waals surface area (Å²) < 4.78 is 0. The molecule has 0 unspecified atom stereocenters. The molecule has 1 aliphatic heterocycles. The summed E-state index contributed by atoms with van der Waals surface area (Å²) in [4.78, 5) is 6.73. The van der Waals surface area contributed by atoms with Crippen LogP contribution in [0.1, 0.15) is 16.7 Å². The van der Waals surface area contributed by atoms with Crippen molar-refractivity contribution in [2.75, 3.05) is 4.90 Å². The van der Waals surface area contributed by atoms with E-state index in [9.17, 15) is 0 Å². The molecule has 0 aliphatic carbocycles. The second-order valence-electron chi connectivity index (χ2n) is 13.0. The molecule has 0 saturated heterocycles. The highest BCUT2D eigenvalue weighted by Gasteiger charge is 2.26. The summed E-state index contributed by atoms with van der Waals surface area (Å²) in [5, 5.41) is 10.0. The summed E-state index contributed by atoms with van der Waals surface area (Å²) in [5.41, 5.74) is 10.9. The summed E-state index contributed by atoms with van der Waals surface area (Å²) >= 11 is 0. The van der Waals surface area contributed by atoms with Gasteiger partial charge in [0.2, 0.25) is 0 Å². The van der Waals surface area contributed by atoms with Crippen LogP contribution in [0.3, 0.4) is 0 Å². The number of para-hydroxylation sites is 2. The average molecular weight is 639 g/mol. The molecule has 0 saturated carbocycles. The zero-order valence-corrected chi connectivity index (χ0v) is 27.7. The topological polar surface area (TPSA) is 15.6 Å². The van der Waals surface area contributed by atoms with E-state index >= 15 is 0 Å². The number of benzene rings is 8. The van der Waals surface area contributed by atoms with Gasteiger partial charge in [0.05, 0.1) is 11.4 Å². The molecule has 0 N–H and O–H groups in total. The molecule has 8 aromatic carbocycles. The Morgan fingerprint density at radius 2 is 1.16 bits per heavy atom. The fourth-order valence-electron chi connectivity index (χ4n) is 7.77. The molecule has 0 bridgehead atoms. The molecule has 1 aliphatic rings. The molecule has 2 heteroatoms. The number of hydrogen-bond donors (Lipinski definition) is 0. The van der Waals surface area contributed by atoms with Gasteiger partial charge < -0.3 is 4.90 Å². The molecule has 0 radical (unpaired) electrons. The number of anilines is 2. The summed E-state index contributed by atoms with van der Waals surface area (Å²) in [6, 6.07) is 52.3. The molecule has 0 amide bonds. The van der Waals surface area contributed by atoms with Crippen molar-refractivity contribution in [1.29, 1.82) is 0 Å². The van der Waals surface area contributed by atoms with E-state index in [-0.39, 0.29) is 0 Å². The standard InChI is InChI=1S/C48H34N2/c1-4-32(25-31(2)33-21-23-42-40-17-8-7-15-38(40)39-16-9-10-18-41(39)44(42)27-33)36-22-24-47-45(29-36)43-28-35-14-6-5-13-34(35)26-37(43)30-50(47)48-20-12-11-19-46(48)49-3/h4-29H,1-3,30H2/b32-25+. The first kappa shape index (κ1) is 29.6. The van der Waals surface area contributed by atoms with Crippen molar-refractivity contribution >= 4 is 78.0 Å². The van der Waals surface area contributed by atoms with Crippen LogP contribution in [0.15, 0.2) is 176 Å². The lowest BCUT2D eigenvalue weighted by Gasteiger charge is -2.34. The van der Waals surface area contributed by atoms with Crippen molar-refractivity contribution in [2.45, 2.75) is 6.54 Å². The fraction of sp³-hybridized carbons (Fsp3) is 0.0208. The maximum Gasteiger partial charge on any atom is 0.0859 e. The molecule has 1 heterocycles. The van der Waals surface area contributed by atoms with Crippen molar-refractivity contribution in [2.24, 2.45) is 4.99 Å². The maximum atomic E-state index is 4.57. The molecule has 8 aromatic rings. The lowest BCUT2D eigenvalue weighted by atomic mass is 9.87. The molecule has 0 atom stereocenters. The first-order valence-electron chi connectivity index (χ1n) is 17.0. The Morgan fingerprint density at radius 1 is 0.560 bits per heavy atom. The van der Waals surface area contributed by atoms with Gasteiger partial charge in [0, 0.05) is 17.8 Å². The number of aliphatic imine (C=N–C) groups is 1. The first-order valence-corrected chi connectivity index (χ1v) is 17.0. The van der Waals surface area contributed by atoms with Crippen molar-refractivity contribution < 1.29 is 0 Å². The second-order valence-corrected chi connectivity index (χ2v) is 13.0. The van der Waals surface area contributed by atoms with Gasteiger partial charge in [-0.2, -0.15) is 0 Å². The number of hydrogen-bond acceptors (Lipinski definition) is 2. The minimum Gasteiger partial charge on any atom is -0.335 e. The zero-order chi connectivity index (χ0) is 33.8. The van der Waals surface area contributed by atoms with E-state index in [0.29, 0.717) is 0 Å². The Balaban J connectivity index is 1.17. The summed E-state index contributed by atoms with van der Waals surface area (Å²) in [6.45, 7) is 13.4. The van der Waals surface area contributed by atoms with Crippen LogP contribution in [0.25, 0.3) is 65.4 Å². The van der Waals surface area contributed by atoms with E-state index in [1.54, 1.807) is 0 Å². The highest BCUT2D eigenvalue weighted by molar-refractivity contribution is 6.25. The molecule has 0 fully saturated rings. The van der Waals surface area contributed by atoms with Crippen molar-refractivity contribution in [3.8, 4) is 11.1 Å². The lowest BCUT2D eigenvalue weighted by molar-refractivity contribution is 0.963. The molecule has 50 heavy (non-hydrogen) atoms. The van der Waals surface area contributed by atoms with Gasteiger partial charge in [0.25, 0.3) is 0 Å². The largest absolute Gasteiger partial charge is 0.335 e.